The van der Waals surface area contributed by atoms with Crippen LogP contribution in [-0.2, 0) is 6.54 Å². The molecule has 0 aliphatic heterocycles. The number of anilines is 1. The van der Waals surface area contributed by atoms with Crippen LogP contribution in [0.2, 0.25) is 0 Å². The van der Waals surface area contributed by atoms with Gasteiger partial charge in [0.25, 0.3) is 0 Å². The summed E-state index contributed by atoms with van der Waals surface area (Å²) in [5, 5.41) is 10.5. The van der Waals surface area contributed by atoms with Gasteiger partial charge in [-0.05, 0) is 32.9 Å². The number of H-pyrrole nitrogens is 1. The summed E-state index contributed by atoms with van der Waals surface area (Å²) < 4.78 is 0. The minimum Gasteiger partial charge on any atom is -0.377 e. The molecule has 15 heavy (non-hydrogen) atoms. The molecule has 0 fully saturated rings. The zero-order valence-electron chi connectivity index (χ0n) is 9.22. The third kappa shape index (κ3) is 2.21. The zero-order valence-corrected chi connectivity index (χ0v) is 10.0. The average Bonchev–Trinajstić information content (AvgIpc) is 2.73. The van der Waals surface area contributed by atoms with Gasteiger partial charge < -0.3 is 5.32 Å². The van der Waals surface area contributed by atoms with Gasteiger partial charge in [-0.2, -0.15) is 5.10 Å². The highest BCUT2D eigenvalue weighted by Crippen LogP contribution is 2.20. The second-order valence-electron chi connectivity index (χ2n) is 3.67. The molecule has 2 N–H and O–H groups in total. The van der Waals surface area contributed by atoms with Crippen molar-refractivity contribution in [2.24, 2.45) is 0 Å². The largest absolute Gasteiger partial charge is 0.377 e. The van der Waals surface area contributed by atoms with Crippen molar-refractivity contribution in [1.82, 2.24) is 10.2 Å². The van der Waals surface area contributed by atoms with E-state index in [0.717, 1.165) is 23.6 Å². The Bertz CT molecular complexity index is 437. The van der Waals surface area contributed by atoms with E-state index in [-0.39, 0.29) is 0 Å². The molecule has 0 spiro atoms. The van der Waals surface area contributed by atoms with Gasteiger partial charge in [0.05, 0.1) is 17.1 Å². The van der Waals surface area contributed by atoms with Crippen LogP contribution in [0.4, 0.5) is 5.69 Å². The number of nitrogens with zero attached hydrogens (tertiary/aromatic N) is 1. The molecule has 2 rings (SSSR count). The van der Waals surface area contributed by atoms with Gasteiger partial charge in [-0.1, -0.05) is 0 Å². The Morgan fingerprint density at radius 1 is 1.33 bits per heavy atom. The Labute approximate surface area is 93.5 Å². The molecule has 3 nitrogen and oxygen atoms in total. The van der Waals surface area contributed by atoms with Crippen LogP contribution < -0.4 is 5.32 Å². The number of nitrogens with one attached hydrogen (secondary N) is 2. The third-order valence-corrected chi connectivity index (χ3v) is 3.36. The van der Waals surface area contributed by atoms with Crippen LogP contribution in [0, 0.1) is 20.8 Å². The predicted molar refractivity (Wildman–Crippen MR) is 64.4 cm³/mol. The lowest BCUT2D eigenvalue weighted by Gasteiger charge is -2.03. The Hall–Kier alpha value is -1.29. The molecule has 0 radical (unpaired) electrons. The normalized spacial score (nSPS) is 10.6. The van der Waals surface area contributed by atoms with Gasteiger partial charge in [0, 0.05) is 16.3 Å². The first-order valence-electron chi connectivity index (χ1n) is 4.97. The van der Waals surface area contributed by atoms with Crippen LogP contribution in [0.3, 0.4) is 0 Å². The number of hydrogen-bond donors (Lipinski definition) is 2. The number of rotatable bonds is 3. The van der Waals surface area contributed by atoms with Gasteiger partial charge in [0.2, 0.25) is 0 Å². The van der Waals surface area contributed by atoms with Crippen LogP contribution in [0.15, 0.2) is 12.1 Å². The molecule has 0 atom stereocenters. The smallest absolute Gasteiger partial charge is 0.0825 e. The molecule has 0 saturated heterocycles. The molecule has 0 amide bonds. The molecule has 0 unspecified atom stereocenters. The lowest BCUT2D eigenvalue weighted by Crippen LogP contribution is -1.99. The summed E-state index contributed by atoms with van der Waals surface area (Å²) in [4.78, 5) is 2.71. The summed E-state index contributed by atoms with van der Waals surface area (Å²) in [6.45, 7) is 7.04. The van der Waals surface area contributed by atoms with Crippen molar-refractivity contribution in [2.75, 3.05) is 5.32 Å². The summed E-state index contributed by atoms with van der Waals surface area (Å²) in [6.07, 6.45) is 0. The fourth-order valence-electron chi connectivity index (χ4n) is 1.57. The molecule has 0 saturated carbocycles. The molecule has 0 aromatic carbocycles. The third-order valence-electron chi connectivity index (χ3n) is 2.36. The average molecular weight is 221 g/mol. The first-order valence-corrected chi connectivity index (χ1v) is 5.79. The predicted octanol–water partition coefficient (Wildman–Crippen LogP) is 3.01. The maximum Gasteiger partial charge on any atom is 0.0825 e. The molecule has 4 heteroatoms. The topological polar surface area (TPSA) is 40.7 Å². The molecule has 2 aromatic heterocycles. The summed E-state index contributed by atoms with van der Waals surface area (Å²) in [7, 11) is 0. The Morgan fingerprint density at radius 2 is 2.13 bits per heavy atom. The molecule has 2 aromatic rings. The van der Waals surface area contributed by atoms with E-state index >= 15 is 0 Å². The fraction of sp³-hybridized carbons (Fsp3) is 0.364. The van der Waals surface area contributed by atoms with E-state index in [2.05, 4.69) is 34.6 Å². The van der Waals surface area contributed by atoms with Crippen molar-refractivity contribution in [2.45, 2.75) is 27.3 Å². The van der Waals surface area contributed by atoms with E-state index in [1.54, 1.807) is 0 Å². The van der Waals surface area contributed by atoms with Crippen molar-refractivity contribution >= 4 is 17.0 Å². The standard InChI is InChI=1S/C11H15N3S/c1-7-4-5-10(15-7)6-12-11-8(2)13-14-9(11)3/h4-5,12H,6H2,1-3H3,(H,13,14). The Balaban J connectivity index is 2.05. The minimum absolute atomic E-state index is 0.875. The van der Waals surface area contributed by atoms with Crippen molar-refractivity contribution in [3.63, 3.8) is 0 Å². The molecular weight excluding hydrogens is 206 g/mol. The second kappa shape index (κ2) is 4.06. The highest BCUT2D eigenvalue weighted by atomic mass is 32.1. The van der Waals surface area contributed by atoms with Crippen LogP contribution >= 0.6 is 11.3 Å². The highest BCUT2D eigenvalue weighted by molar-refractivity contribution is 7.11. The monoisotopic (exact) mass is 221 g/mol. The van der Waals surface area contributed by atoms with Gasteiger partial charge in [-0.3, -0.25) is 5.10 Å². The van der Waals surface area contributed by atoms with Crippen LogP contribution in [0.5, 0.6) is 0 Å². The Kier molecular flexibility index (Phi) is 2.77. The lowest BCUT2D eigenvalue weighted by atomic mass is 10.3. The van der Waals surface area contributed by atoms with Gasteiger partial charge in [0.15, 0.2) is 0 Å². The van der Waals surface area contributed by atoms with Gasteiger partial charge in [0.1, 0.15) is 0 Å². The molecule has 80 valence electrons. The first-order chi connectivity index (χ1) is 7.16. The Morgan fingerprint density at radius 3 is 2.67 bits per heavy atom. The van der Waals surface area contributed by atoms with Crippen molar-refractivity contribution in [3.8, 4) is 0 Å². The molecule has 0 aliphatic rings. The van der Waals surface area contributed by atoms with Crippen molar-refractivity contribution < 1.29 is 0 Å². The SMILES string of the molecule is Cc1ccc(CNc2c(C)n[nH]c2C)s1. The van der Waals surface area contributed by atoms with Gasteiger partial charge in [-0.15, -0.1) is 11.3 Å². The minimum atomic E-state index is 0.875. The summed E-state index contributed by atoms with van der Waals surface area (Å²) in [5.41, 5.74) is 3.25. The molecular formula is C11H15N3S. The van der Waals surface area contributed by atoms with E-state index in [1.165, 1.54) is 9.75 Å². The van der Waals surface area contributed by atoms with Crippen molar-refractivity contribution in [1.29, 1.82) is 0 Å². The van der Waals surface area contributed by atoms with E-state index in [9.17, 15) is 0 Å². The summed E-state index contributed by atoms with van der Waals surface area (Å²) >= 11 is 1.83. The fourth-order valence-corrected chi connectivity index (χ4v) is 2.40. The molecule has 0 aliphatic carbocycles. The highest BCUT2D eigenvalue weighted by Gasteiger charge is 2.05. The van der Waals surface area contributed by atoms with E-state index < -0.39 is 0 Å². The summed E-state index contributed by atoms with van der Waals surface area (Å²) in [6, 6.07) is 4.31. The number of aromatic nitrogens is 2. The number of aryl methyl sites for hydroxylation is 3. The molecule has 2 heterocycles. The summed E-state index contributed by atoms with van der Waals surface area (Å²) in [5.74, 6) is 0. The molecule has 0 bridgehead atoms. The van der Waals surface area contributed by atoms with E-state index in [0.29, 0.717) is 0 Å². The van der Waals surface area contributed by atoms with Gasteiger partial charge in [-0.25, -0.2) is 0 Å². The first kappa shape index (κ1) is 10.2. The quantitative estimate of drug-likeness (QED) is 0.836. The van der Waals surface area contributed by atoms with Gasteiger partial charge >= 0.3 is 0 Å². The van der Waals surface area contributed by atoms with Crippen molar-refractivity contribution in [3.05, 3.63) is 33.3 Å². The van der Waals surface area contributed by atoms with E-state index in [1.807, 2.05) is 25.2 Å². The maximum absolute atomic E-state index is 4.15. The van der Waals surface area contributed by atoms with Crippen LogP contribution in [0.1, 0.15) is 21.1 Å². The van der Waals surface area contributed by atoms with E-state index in [4.69, 9.17) is 0 Å². The lowest BCUT2D eigenvalue weighted by molar-refractivity contribution is 1.02. The second-order valence-corrected chi connectivity index (χ2v) is 5.05. The number of thiophene rings is 1. The maximum atomic E-state index is 4.15. The number of aromatic amines is 1. The number of hydrogen-bond acceptors (Lipinski definition) is 3. The van der Waals surface area contributed by atoms with Crippen LogP contribution in [-0.4, -0.2) is 10.2 Å². The zero-order chi connectivity index (χ0) is 10.8. The van der Waals surface area contributed by atoms with Crippen LogP contribution in [0.25, 0.3) is 0 Å².